The fraction of sp³-hybridized carbons (Fsp3) is 0.520. The summed E-state index contributed by atoms with van der Waals surface area (Å²) >= 11 is 0. The number of fused-ring (bicyclic) bond motifs is 2. The zero-order valence-corrected chi connectivity index (χ0v) is 19.5. The molecule has 3 N–H and O–H groups in total. The summed E-state index contributed by atoms with van der Waals surface area (Å²) in [5.74, 6) is -0.145. The van der Waals surface area contributed by atoms with Crippen LogP contribution >= 0.6 is 0 Å². The van der Waals surface area contributed by atoms with Gasteiger partial charge < -0.3 is 15.4 Å². The fourth-order valence-corrected chi connectivity index (χ4v) is 5.15. The van der Waals surface area contributed by atoms with Gasteiger partial charge in [0.2, 0.25) is 5.91 Å². The molecule has 1 saturated carbocycles. The van der Waals surface area contributed by atoms with Gasteiger partial charge >= 0.3 is 5.97 Å². The second-order valence-electron chi connectivity index (χ2n) is 9.66. The van der Waals surface area contributed by atoms with E-state index in [0.29, 0.717) is 24.4 Å². The molecule has 2 aliphatic heterocycles. The van der Waals surface area contributed by atoms with Crippen LogP contribution in [0.1, 0.15) is 50.0 Å². The maximum absolute atomic E-state index is 12.8. The third kappa shape index (κ3) is 4.43. The number of carbonyl (C=O) groups excluding carboxylic acids is 2. The van der Waals surface area contributed by atoms with Crippen LogP contribution in [0.2, 0.25) is 0 Å². The van der Waals surface area contributed by atoms with E-state index in [9.17, 15) is 14.9 Å². The van der Waals surface area contributed by atoms with Crippen molar-refractivity contribution >= 4 is 28.5 Å². The molecule has 2 aromatic rings. The number of nitrogens with zero attached hydrogens (tertiary/aromatic N) is 3. The molecule has 34 heavy (non-hydrogen) atoms. The molecule has 0 bridgehead atoms. The van der Waals surface area contributed by atoms with Gasteiger partial charge in [-0.15, -0.1) is 0 Å². The molecule has 2 saturated heterocycles. The number of hydrogen-bond donors (Lipinski definition) is 3. The zero-order valence-electron chi connectivity index (χ0n) is 19.5. The number of aromatic nitrogens is 1. The van der Waals surface area contributed by atoms with Crippen LogP contribution in [0.15, 0.2) is 30.3 Å². The van der Waals surface area contributed by atoms with Crippen molar-refractivity contribution in [3.63, 3.8) is 0 Å². The number of hydrazine groups is 1. The number of amides is 1. The summed E-state index contributed by atoms with van der Waals surface area (Å²) in [6.45, 7) is 4.26. The second-order valence-corrected chi connectivity index (χ2v) is 9.66. The zero-order chi connectivity index (χ0) is 23.8. The molecule has 178 valence electrons. The van der Waals surface area contributed by atoms with Crippen molar-refractivity contribution in [2.45, 2.75) is 63.9 Å². The predicted octanol–water partition coefficient (Wildman–Crippen LogP) is 2.56. The molecular weight excluding hydrogens is 432 g/mol. The minimum absolute atomic E-state index is 0.0333. The number of benzene rings is 1. The Morgan fingerprint density at radius 2 is 2.12 bits per heavy atom. The lowest BCUT2D eigenvalue weighted by Crippen LogP contribution is -2.52. The van der Waals surface area contributed by atoms with Crippen molar-refractivity contribution in [1.29, 1.82) is 5.26 Å². The Kier molecular flexibility index (Phi) is 6.11. The molecule has 5 rings (SSSR count). The molecule has 3 aliphatic rings. The van der Waals surface area contributed by atoms with E-state index in [0.717, 1.165) is 30.3 Å². The van der Waals surface area contributed by atoms with Crippen LogP contribution in [0.25, 0.3) is 10.9 Å². The first-order chi connectivity index (χ1) is 16.4. The van der Waals surface area contributed by atoms with E-state index >= 15 is 0 Å². The Balaban J connectivity index is 1.37. The maximum atomic E-state index is 12.8. The van der Waals surface area contributed by atoms with E-state index in [-0.39, 0.29) is 41.9 Å². The molecular formula is C25H30N6O3. The number of anilines is 1. The van der Waals surface area contributed by atoms with E-state index in [2.05, 4.69) is 32.1 Å². The Morgan fingerprint density at radius 1 is 1.29 bits per heavy atom. The maximum Gasteiger partial charge on any atom is 0.357 e. The molecule has 4 atom stereocenters. The number of pyridine rings is 1. The van der Waals surface area contributed by atoms with E-state index in [4.69, 9.17) is 4.74 Å². The molecule has 3 fully saturated rings. The lowest BCUT2D eigenvalue weighted by Gasteiger charge is -2.34. The minimum atomic E-state index is -0.439. The summed E-state index contributed by atoms with van der Waals surface area (Å²) in [7, 11) is 0. The van der Waals surface area contributed by atoms with Crippen LogP contribution in [0.3, 0.4) is 0 Å². The van der Waals surface area contributed by atoms with Gasteiger partial charge in [0.1, 0.15) is 11.9 Å². The summed E-state index contributed by atoms with van der Waals surface area (Å²) in [5, 5.41) is 19.0. The monoisotopic (exact) mass is 462 g/mol. The number of piperidine rings is 1. The third-order valence-corrected chi connectivity index (χ3v) is 6.85. The summed E-state index contributed by atoms with van der Waals surface area (Å²) in [5.41, 5.74) is 5.37. The highest BCUT2D eigenvalue weighted by molar-refractivity contribution is 5.92. The number of rotatable bonds is 7. The van der Waals surface area contributed by atoms with Crippen molar-refractivity contribution in [2.24, 2.45) is 11.8 Å². The van der Waals surface area contributed by atoms with Gasteiger partial charge in [0.25, 0.3) is 0 Å². The number of hydrogen-bond acceptors (Lipinski definition) is 8. The van der Waals surface area contributed by atoms with Crippen LogP contribution < -0.4 is 16.1 Å². The molecule has 1 aromatic carbocycles. The molecule has 3 unspecified atom stereocenters. The fourth-order valence-electron chi connectivity index (χ4n) is 5.15. The Labute approximate surface area is 198 Å². The van der Waals surface area contributed by atoms with Crippen molar-refractivity contribution in [2.75, 3.05) is 11.9 Å². The second kappa shape index (κ2) is 9.20. The SMILES string of the molecule is CC(C)OC(=O)c1ccc2cc(NC3NN([C@@H](CC#N)C4CC4)C4CCNC(=O)C34)ccc2n1. The first kappa shape index (κ1) is 22.6. The summed E-state index contributed by atoms with van der Waals surface area (Å²) < 4.78 is 5.24. The normalized spacial score (nSPS) is 25.5. The number of ether oxygens (including phenoxy) is 1. The number of nitrogens with one attached hydrogen (secondary N) is 3. The summed E-state index contributed by atoms with van der Waals surface area (Å²) in [6, 6.07) is 11.8. The smallest absolute Gasteiger partial charge is 0.357 e. The van der Waals surface area contributed by atoms with Crippen molar-refractivity contribution < 1.29 is 14.3 Å². The Hall–Kier alpha value is -3.22. The summed E-state index contributed by atoms with van der Waals surface area (Å²) in [4.78, 5) is 29.5. The minimum Gasteiger partial charge on any atom is -0.458 e. The van der Waals surface area contributed by atoms with Crippen molar-refractivity contribution in [3.8, 4) is 6.07 Å². The molecule has 0 radical (unpaired) electrons. The van der Waals surface area contributed by atoms with Crippen molar-refractivity contribution in [3.05, 3.63) is 36.0 Å². The van der Waals surface area contributed by atoms with E-state index < -0.39 is 5.97 Å². The first-order valence-electron chi connectivity index (χ1n) is 12.0. The van der Waals surface area contributed by atoms with Crippen LogP contribution in [-0.2, 0) is 9.53 Å². The van der Waals surface area contributed by atoms with Crippen LogP contribution in [-0.4, -0.2) is 52.8 Å². The Morgan fingerprint density at radius 3 is 2.85 bits per heavy atom. The van der Waals surface area contributed by atoms with E-state index in [1.807, 2.05) is 24.3 Å². The van der Waals surface area contributed by atoms with Gasteiger partial charge in [0, 0.05) is 29.7 Å². The van der Waals surface area contributed by atoms with Gasteiger partial charge in [-0.25, -0.2) is 20.2 Å². The molecule has 1 aromatic heterocycles. The predicted molar refractivity (Wildman–Crippen MR) is 126 cm³/mol. The molecule has 0 spiro atoms. The Bertz CT molecular complexity index is 1140. The van der Waals surface area contributed by atoms with E-state index in [1.165, 1.54) is 0 Å². The highest BCUT2D eigenvalue weighted by Crippen LogP contribution is 2.41. The standard InChI is InChI=1S/C25H30N6O3/c1-14(2)34-25(33)19-7-5-16-13-17(6-8-18(16)29-19)28-23-22-21(10-12-27-24(22)32)31(30-23)20(9-11-26)15-3-4-15/h5-8,13-15,20-23,28,30H,3-4,9-10,12H2,1-2H3,(H,27,32)/t20-,21?,22?,23?/m0/s1. The summed E-state index contributed by atoms with van der Waals surface area (Å²) in [6.07, 6.45) is 3.10. The van der Waals surface area contributed by atoms with E-state index in [1.54, 1.807) is 19.9 Å². The third-order valence-electron chi connectivity index (χ3n) is 6.85. The molecule has 9 heteroatoms. The van der Waals surface area contributed by atoms with Gasteiger partial charge in [0.15, 0.2) is 0 Å². The van der Waals surface area contributed by atoms with Gasteiger partial charge in [-0.1, -0.05) is 6.07 Å². The molecule has 1 amide bonds. The lowest BCUT2D eigenvalue weighted by atomic mass is 9.90. The van der Waals surface area contributed by atoms with Crippen LogP contribution in [0, 0.1) is 23.2 Å². The number of esters is 1. The molecule has 9 nitrogen and oxygen atoms in total. The lowest BCUT2D eigenvalue weighted by molar-refractivity contribution is -0.128. The van der Waals surface area contributed by atoms with Crippen LogP contribution in [0.5, 0.6) is 0 Å². The van der Waals surface area contributed by atoms with Gasteiger partial charge in [-0.3, -0.25) is 4.79 Å². The highest BCUT2D eigenvalue weighted by atomic mass is 16.5. The number of carbonyl (C=O) groups is 2. The van der Waals surface area contributed by atoms with Gasteiger partial charge in [-0.05, 0) is 63.3 Å². The van der Waals surface area contributed by atoms with Crippen LogP contribution in [0.4, 0.5) is 5.69 Å². The van der Waals surface area contributed by atoms with Gasteiger partial charge in [0.05, 0.1) is 30.0 Å². The average molecular weight is 463 g/mol. The first-order valence-corrected chi connectivity index (χ1v) is 12.0. The quantitative estimate of drug-likeness (QED) is 0.537. The van der Waals surface area contributed by atoms with Crippen molar-refractivity contribution in [1.82, 2.24) is 20.7 Å². The highest BCUT2D eigenvalue weighted by Gasteiger charge is 2.51. The molecule has 1 aliphatic carbocycles. The van der Waals surface area contributed by atoms with Gasteiger partial charge in [-0.2, -0.15) is 5.26 Å². The largest absolute Gasteiger partial charge is 0.458 e. The number of nitriles is 1. The average Bonchev–Trinajstić information content (AvgIpc) is 3.59. The molecule has 3 heterocycles. The topological polar surface area (TPSA) is 119 Å².